The fourth-order valence-electron chi connectivity index (χ4n) is 2.33. The van der Waals surface area contributed by atoms with E-state index >= 15 is 0 Å². The van der Waals surface area contributed by atoms with E-state index in [1.165, 1.54) is 12.1 Å². The summed E-state index contributed by atoms with van der Waals surface area (Å²) in [6.45, 7) is 0. The molecule has 3 heteroatoms. The van der Waals surface area contributed by atoms with E-state index in [0.29, 0.717) is 6.42 Å². The van der Waals surface area contributed by atoms with E-state index in [1.807, 2.05) is 24.3 Å². The minimum atomic E-state index is -0.237. The smallest absolute Gasteiger partial charge is 0.126 e. The highest BCUT2D eigenvalue weighted by Gasteiger charge is 2.26. The van der Waals surface area contributed by atoms with Crippen LogP contribution in [0.5, 0.6) is 5.75 Å². The second-order valence-corrected chi connectivity index (χ2v) is 4.54. The van der Waals surface area contributed by atoms with Gasteiger partial charge in [-0.1, -0.05) is 30.3 Å². The van der Waals surface area contributed by atoms with Crippen LogP contribution in [0.3, 0.4) is 0 Å². The van der Waals surface area contributed by atoms with Crippen molar-refractivity contribution in [2.75, 3.05) is 0 Å². The molecule has 0 aromatic heterocycles. The Hall–Kier alpha value is -1.87. The zero-order valence-electron chi connectivity index (χ0n) is 9.84. The van der Waals surface area contributed by atoms with Crippen LogP contribution in [0.1, 0.15) is 29.7 Å². The molecular weight excluding hydrogens is 229 g/mol. The van der Waals surface area contributed by atoms with E-state index < -0.39 is 0 Å². The summed E-state index contributed by atoms with van der Waals surface area (Å²) in [6.07, 6.45) is 0.610. The molecule has 0 saturated carbocycles. The molecule has 2 N–H and O–H groups in total. The molecule has 0 fully saturated rings. The number of hydrogen-bond acceptors (Lipinski definition) is 2. The molecule has 92 valence electrons. The number of rotatable bonds is 1. The van der Waals surface area contributed by atoms with E-state index in [-0.39, 0.29) is 18.0 Å². The molecule has 0 radical (unpaired) electrons. The van der Waals surface area contributed by atoms with E-state index in [4.69, 9.17) is 10.5 Å². The van der Waals surface area contributed by atoms with Crippen molar-refractivity contribution in [1.82, 2.24) is 0 Å². The van der Waals surface area contributed by atoms with Crippen molar-refractivity contribution in [3.05, 3.63) is 65.5 Å². The lowest BCUT2D eigenvalue weighted by atomic mass is 9.94. The second kappa shape index (κ2) is 4.42. The zero-order valence-corrected chi connectivity index (χ0v) is 9.84. The summed E-state index contributed by atoms with van der Waals surface area (Å²) in [5.41, 5.74) is 8.15. The van der Waals surface area contributed by atoms with Crippen molar-refractivity contribution >= 4 is 0 Å². The third-order valence-corrected chi connectivity index (χ3v) is 3.30. The predicted octanol–water partition coefficient (Wildman–Crippen LogP) is 3.35. The number of hydrogen-bond donors (Lipinski definition) is 1. The largest absolute Gasteiger partial charge is 0.485 e. The molecule has 0 aliphatic carbocycles. The molecule has 2 aromatic rings. The number of fused-ring (bicyclic) bond motifs is 1. The normalized spacial score (nSPS) is 22.1. The van der Waals surface area contributed by atoms with E-state index in [1.54, 1.807) is 12.1 Å². The van der Waals surface area contributed by atoms with Crippen molar-refractivity contribution in [3.8, 4) is 5.75 Å². The third-order valence-electron chi connectivity index (χ3n) is 3.30. The SMILES string of the molecule is NC1CC(c2ccc(F)cc2)Oc2ccccc21. The summed E-state index contributed by atoms with van der Waals surface area (Å²) < 4.78 is 18.8. The molecule has 1 heterocycles. The third kappa shape index (κ3) is 1.97. The Morgan fingerprint density at radius 3 is 2.56 bits per heavy atom. The van der Waals surface area contributed by atoms with Gasteiger partial charge in [0.2, 0.25) is 0 Å². The molecule has 1 aliphatic heterocycles. The molecule has 18 heavy (non-hydrogen) atoms. The Bertz CT molecular complexity index is 553. The maximum atomic E-state index is 12.9. The van der Waals surface area contributed by atoms with Crippen LogP contribution in [0.15, 0.2) is 48.5 Å². The average molecular weight is 243 g/mol. The average Bonchev–Trinajstić information content (AvgIpc) is 2.39. The van der Waals surface area contributed by atoms with Gasteiger partial charge < -0.3 is 10.5 Å². The number of nitrogens with two attached hydrogens (primary N) is 1. The van der Waals surface area contributed by atoms with Crippen LogP contribution >= 0.6 is 0 Å². The van der Waals surface area contributed by atoms with Gasteiger partial charge in [-0.2, -0.15) is 0 Å². The molecule has 2 atom stereocenters. The highest BCUT2D eigenvalue weighted by Crippen LogP contribution is 2.39. The van der Waals surface area contributed by atoms with Gasteiger partial charge in [0, 0.05) is 18.0 Å². The van der Waals surface area contributed by atoms with Gasteiger partial charge in [0.1, 0.15) is 17.7 Å². The lowest BCUT2D eigenvalue weighted by Gasteiger charge is -2.30. The summed E-state index contributed by atoms with van der Waals surface area (Å²) in [4.78, 5) is 0. The minimum Gasteiger partial charge on any atom is -0.485 e. The monoisotopic (exact) mass is 243 g/mol. The number of benzene rings is 2. The maximum absolute atomic E-state index is 12.9. The summed E-state index contributed by atoms with van der Waals surface area (Å²) in [6, 6.07) is 14.2. The predicted molar refractivity (Wildman–Crippen MR) is 67.8 cm³/mol. The zero-order chi connectivity index (χ0) is 12.5. The van der Waals surface area contributed by atoms with Crippen molar-refractivity contribution in [1.29, 1.82) is 0 Å². The molecule has 2 unspecified atom stereocenters. The Labute approximate surface area is 105 Å². The van der Waals surface area contributed by atoms with Gasteiger partial charge in [-0.25, -0.2) is 4.39 Å². The standard InChI is InChI=1S/C15H14FNO/c16-11-7-5-10(6-8-11)15-9-13(17)12-3-1-2-4-14(12)18-15/h1-8,13,15H,9,17H2. The van der Waals surface area contributed by atoms with Gasteiger partial charge in [-0.05, 0) is 23.8 Å². The molecule has 3 rings (SSSR count). The van der Waals surface area contributed by atoms with Crippen LogP contribution < -0.4 is 10.5 Å². The first-order valence-electron chi connectivity index (χ1n) is 6.00. The van der Waals surface area contributed by atoms with Gasteiger partial charge in [-0.15, -0.1) is 0 Å². The topological polar surface area (TPSA) is 35.2 Å². The molecule has 2 aromatic carbocycles. The maximum Gasteiger partial charge on any atom is 0.126 e. The molecular formula is C15H14FNO. The van der Waals surface area contributed by atoms with Crippen LogP contribution in [0.4, 0.5) is 4.39 Å². The van der Waals surface area contributed by atoms with Gasteiger partial charge in [0.05, 0.1) is 0 Å². The molecule has 2 nitrogen and oxygen atoms in total. The Morgan fingerprint density at radius 2 is 1.78 bits per heavy atom. The lowest BCUT2D eigenvalue weighted by Crippen LogP contribution is -2.24. The second-order valence-electron chi connectivity index (χ2n) is 4.54. The van der Waals surface area contributed by atoms with Crippen LogP contribution in [0, 0.1) is 5.82 Å². The van der Waals surface area contributed by atoms with Gasteiger partial charge in [0.15, 0.2) is 0 Å². The highest BCUT2D eigenvalue weighted by molar-refractivity contribution is 5.39. The molecule has 0 amide bonds. The summed E-state index contributed by atoms with van der Waals surface area (Å²) in [5, 5.41) is 0. The van der Waals surface area contributed by atoms with Gasteiger partial charge in [0.25, 0.3) is 0 Å². The van der Waals surface area contributed by atoms with Crippen molar-refractivity contribution in [3.63, 3.8) is 0 Å². The van der Waals surface area contributed by atoms with Crippen LogP contribution in [-0.4, -0.2) is 0 Å². The first-order valence-corrected chi connectivity index (χ1v) is 6.00. The molecule has 0 saturated heterocycles. The van der Waals surface area contributed by atoms with Crippen LogP contribution in [-0.2, 0) is 0 Å². The first kappa shape index (κ1) is 11.2. The lowest BCUT2D eigenvalue weighted by molar-refractivity contribution is 0.161. The summed E-state index contributed by atoms with van der Waals surface area (Å²) in [5.74, 6) is 0.588. The van der Waals surface area contributed by atoms with Crippen LogP contribution in [0.2, 0.25) is 0 Å². The minimum absolute atomic E-state index is 0.0370. The number of halogens is 1. The molecule has 0 bridgehead atoms. The Kier molecular flexibility index (Phi) is 2.76. The molecule has 0 spiro atoms. The molecule has 1 aliphatic rings. The first-order chi connectivity index (χ1) is 8.74. The number of para-hydroxylation sites is 1. The summed E-state index contributed by atoms with van der Waals surface area (Å²) in [7, 11) is 0. The summed E-state index contributed by atoms with van der Waals surface area (Å²) >= 11 is 0. The van der Waals surface area contributed by atoms with E-state index in [2.05, 4.69) is 0 Å². The van der Waals surface area contributed by atoms with Crippen LogP contribution in [0.25, 0.3) is 0 Å². The highest BCUT2D eigenvalue weighted by atomic mass is 19.1. The van der Waals surface area contributed by atoms with E-state index in [0.717, 1.165) is 16.9 Å². The Morgan fingerprint density at radius 1 is 1.06 bits per heavy atom. The van der Waals surface area contributed by atoms with Gasteiger partial charge in [-0.3, -0.25) is 0 Å². The van der Waals surface area contributed by atoms with Gasteiger partial charge >= 0.3 is 0 Å². The fraction of sp³-hybridized carbons (Fsp3) is 0.200. The van der Waals surface area contributed by atoms with E-state index in [9.17, 15) is 4.39 Å². The Balaban J connectivity index is 1.92. The number of ether oxygens (including phenoxy) is 1. The quantitative estimate of drug-likeness (QED) is 0.833. The van der Waals surface area contributed by atoms with Crippen molar-refractivity contribution in [2.45, 2.75) is 18.6 Å². The van der Waals surface area contributed by atoms with Crippen molar-refractivity contribution in [2.24, 2.45) is 5.73 Å². The fourth-order valence-corrected chi connectivity index (χ4v) is 2.33. The van der Waals surface area contributed by atoms with Crippen molar-refractivity contribution < 1.29 is 9.13 Å².